The predicted molar refractivity (Wildman–Crippen MR) is 110 cm³/mol. The minimum absolute atomic E-state index is 0.284. The highest BCUT2D eigenvalue weighted by Gasteiger charge is 2.36. The topological polar surface area (TPSA) is 68.3 Å². The van der Waals surface area contributed by atoms with Gasteiger partial charge in [-0.2, -0.15) is 0 Å². The van der Waals surface area contributed by atoms with Gasteiger partial charge in [0.2, 0.25) is 10.0 Å². The van der Waals surface area contributed by atoms with Crippen molar-refractivity contribution in [3.8, 4) is 16.9 Å². The van der Waals surface area contributed by atoms with Crippen molar-refractivity contribution < 1.29 is 13.2 Å². The van der Waals surface area contributed by atoms with Crippen LogP contribution in [-0.2, 0) is 10.0 Å². The van der Waals surface area contributed by atoms with E-state index in [1.807, 2.05) is 31.2 Å². The second-order valence-corrected chi connectivity index (χ2v) is 10.6. The zero-order chi connectivity index (χ0) is 18.5. The smallest absolute Gasteiger partial charge is 0.235 e. The first-order chi connectivity index (χ1) is 12.4. The van der Waals surface area contributed by atoms with E-state index < -0.39 is 10.0 Å². The summed E-state index contributed by atoms with van der Waals surface area (Å²) in [7, 11) is -1.74. The molecule has 136 valence electrons. The number of hydrogen-bond acceptors (Lipinski definition) is 5. The number of pyridine rings is 1. The van der Waals surface area contributed by atoms with Gasteiger partial charge in [-0.25, -0.2) is 13.4 Å². The molecular weight excluding hydrogens is 436 g/mol. The van der Waals surface area contributed by atoms with Crippen molar-refractivity contribution in [3.63, 3.8) is 0 Å². The van der Waals surface area contributed by atoms with Crippen LogP contribution in [0.1, 0.15) is 18.5 Å². The molecule has 8 heteroatoms. The van der Waals surface area contributed by atoms with E-state index in [0.29, 0.717) is 5.69 Å². The zero-order valence-corrected chi connectivity index (χ0v) is 17.5. The first-order valence-electron chi connectivity index (χ1n) is 8.15. The number of aryl methyl sites for hydroxylation is 1. The van der Waals surface area contributed by atoms with Crippen molar-refractivity contribution in [3.05, 3.63) is 39.8 Å². The molecule has 3 aromatic rings. The van der Waals surface area contributed by atoms with Gasteiger partial charge in [-0.05, 0) is 59.5 Å². The highest BCUT2D eigenvalue weighted by atomic mass is 79.9. The summed E-state index contributed by atoms with van der Waals surface area (Å²) in [6, 6.07) is 9.51. The Morgan fingerprint density at radius 2 is 2.08 bits per heavy atom. The molecule has 1 aliphatic carbocycles. The molecule has 2 aromatic heterocycles. The molecule has 1 saturated carbocycles. The molecule has 1 N–H and O–H groups in total. The van der Waals surface area contributed by atoms with Crippen molar-refractivity contribution in [2.24, 2.45) is 0 Å². The van der Waals surface area contributed by atoms with Gasteiger partial charge in [-0.1, -0.05) is 12.1 Å². The van der Waals surface area contributed by atoms with Crippen LogP contribution in [-0.4, -0.2) is 25.8 Å². The lowest BCUT2D eigenvalue weighted by atomic mass is 10.0. The third kappa shape index (κ3) is 3.21. The number of thiophene rings is 1. The molecule has 0 atom stereocenters. The average molecular weight is 453 g/mol. The fraction of sp³-hybridized carbons (Fsp3) is 0.278. The monoisotopic (exact) mass is 452 g/mol. The molecule has 4 rings (SSSR count). The van der Waals surface area contributed by atoms with Crippen LogP contribution >= 0.6 is 27.3 Å². The van der Waals surface area contributed by atoms with E-state index in [0.717, 1.165) is 49.4 Å². The lowest BCUT2D eigenvalue weighted by Gasteiger charge is -2.11. The summed E-state index contributed by atoms with van der Waals surface area (Å²) in [4.78, 5) is 5.39. The van der Waals surface area contributed by atoms with Crippen LogP contribution in [0.2, 0.25) is 0 Å². The number of methoxy groups -OCH3 is 1. The Kier molecular flexibility index (Phi) is 4.45. The molecule has 0 aliphatic heterocycles. The van der Waals surface area contributed by atoms with Crippen LogP contribution in [0.4, 0.5) is 5.69 Å². The fourth-order valence-corrected chi connectivity index (χ4v) is 6.20. The van der Waals surface area contributed by atoms with E-state index in [2.05, 4.69) is 25.6 Å². The Bertz CT molecular complexity index is 1110. The van der Waals surface area contributed by atoms with Gasteiger partial charge in [0.05, 0.1) is 21.8 Å². The number of halogens is 1. The molecule has 0 saturated heterocycles. The molecule has 1 aromatic carbocycles. The van der Waals surface area contributed by atoms with Gasteiger partial charge < -0.3 is 4.74 Å². The van der Waals surface area contributed by atoms with Gasteiger partial charge in [-0.15, -0.1) is 11.3 Å². The zero-order valence-electron chi connectivity index (χ0n) is 14.2. The van der Waals surface area contributed by atoms with E-state index in [4.69, 9.17) is 4.74 Å². The number of nitrogens with zero attached hydrogens (tertiary/aromatic N) is 1. The minimum Gasteiger partial charge on any atom is -0.497 e. The maximum atomic E-state index is 12.5. The average Bonchev–Trinajstić information content (AvgIpc) is 3.38. The molecular formula is C18H17BrN2O3S2. The maximum Gasteiger partial charge on any atom is 0.235 e. The molecule has 2 heterocycles. The van der Waals surface area contributed by atoms with Crippen LogP contribution in [0.3, 0.4) is 0 Å². The van der Waals surface area contributed by atoms with E-state index in [1.165, 1.54) is 11.3 Å². The first-order valence-corrected chi connectivity index (χ1v) is 11.3. The van der Waals surface area contributed by atoms with Gasteiger partial charge in [-0.3, -0.25) is 4.72 Å². The van der Waals surface area contributed by atoms with Crippen molar-refractivity contribution in [2.45, 2.75) is 25.0 Å². The Balaban J connectivity index is 1.94. The minimum atomic E-state index is -3.36. The SMILES string of the molecule is COc1cccc(-c2c(Br)sc3nc(C)cc(NS(=O)(=O)C4CC4)c23)c1. The van der Waals surface area contributed by atoms with E-state index in [-0.39, 0.29) is 5.25 Å². The number of aromatic nitrogens is 1. The van der Waals surface area contributed by atoms with E-state index in [1.54, 1.807) is 13.2 Å². The van der Waals surface area contributed by atoms with E-state index in [9.17, 15) is 8.42 Å². The van der Waals surface area contributed by atoms with Crippen molar-refractivity contribution in [2.75, 3.05) is 11.8 Å². The summed E-state index contributed by atoms with van der Waals surface area (Å²) in [5.74, 6) is 0.744. The molecule has 0 spiro atoms. The molecule has 1 fully saturated rings. The Hall–Kier alpha value is -1.64. The van der Waals surface area contributed by atoms with Crippen LogP contribution < -0.4 is 9.46 Å². The lowest BCUT2D eigenvalue weighted by Crippen LogP contribution is -2.17. The third-order valence-corrected chi connectivity index (χ3v) is 7.93. The summed E-state index contributed by atoms with van der Waals surface area (Å²) < 4.78 is 34.1. The normalized spacial score (nSPS) is 14.6. The maximum absolute atomic E-state index is 12.5. The fourth-order valence-electron chi connectivity index (χ4n) is 2.93. The molecule has 0 bridgehead atoms. The molecule has 26 heavy (non-hydrogen) atoms. The van der Waals surface area contributed by atoms with E-state index >= 15 is 0 Å². The van der Waals surface area contributed by atoms with Gasteiger partial charge in [0.15, 0.2) is 0 Å². The van der Waals surface area contributed by atoms with Gasteiger partial charge in [0.1, 0.15) is 10.6 Å². The highest BCUT2D eigenvalue weighted by molar-refractivity contribution is 9.11. The van der Waals surface area contributed by atoms with Crippen LogP contribution in [0.25, 0.3) is 21.3 Å². The number of nitrogens with one attached hydrogen (secondary N) is 1. The quantitative estimate of drug-likeness (QED) is 0.594. The van der Waals surface area contributed by atoms with Crippen molar-refractivity contribution >= 4 is 53.2 Å². The number of fused-ring (bicyclic) bond motifs is 1. The summed E-state index contributed by atoms with van der Waals surface area (Å²) in [6.07, 6.45) is 1.44. The standard InChI is InChI=1S/C18H17BrN2O3S2/c1-10-8-14(21-26(22,23)13-6-7-13)16-15(17(19)25-18(16)20-10)11-4-3-5-12(9-11)24-2/h3-5,8-9,13H,6-7H2,1-2H3,(H,20,21). The summed E-state index contributed by atoms with van der Waals surface area (Å²) in [6.45, 7) is 1.87. The van der Waals surface area contributed by atoms with Crippen molar-refractivity contribution in [1.29, 1.82) is 0 Å². The van der Waals surface area contributed by atoms with Crippen LogP contribution in [0.5, 0.6) is 5.75 Å². The van der Waals surface area contributed by atoms with Gasteiger partial charge in [0.25, 0.3) is 0 Å². The van der Waals surface area contributed by atoms with Crippen LogP contribution in [0, 0.1) is 6.92 Å². The number of anilines is 1. The highest BCUT2D eigenvalue weighted by Crippen LogP contribution is 2.46. The summed E-state index contributed by atoms with van der Waals surface area (Å²) >= 11 is 5.13. The number of ether oxygens (including phenoxy) is 1. The number of benzene rings is 1. The second-order valence-electron chi connectivity index (χ2n) is 6.32. The second kappa shape index (κ2) is 6.51. The molecule has 0 unspecified atom stereocenters. The Labute approximate surface area is 164 Å². The molecule has 5 nitrogen and oxygen atoms in total. The predicted octanol–water partition coefficient (Wildman–Crippen LogP) is 4.95. The Morgan fingerprint density at radius 1 is 1.31 bits per heavy atom. The largest absolute Gasteiger partial charge is 0.497 e. The lowest BCUT2D eigenvalue weighted by molar-refractivity contribution is 0.415. The summed E-state index contributed by atoms with van der Waals surface area (Å²) in [5, 5.41) is 0.526. The number of hydrogen-bond donors (Lipinski definition) is 1. The van der Waals surface area contributed by atoms with Gasteiger partial charge >= 0.3 is 0 Å². The third-order valence-electron chi connectivity index (χ3n) is 4.32. The summed E-state index contributed by atoms with van der Waals surface area (Å²) in [5.41, 5.74) is 3.22. The van der Waals surface area contributed by atoms with Crippen molar-refractivity contribution in [1.82, 2.24) is 4.98 Å². The first kappa shape index (κ1) is 17.8. The number of sulfonamides is 1. The molecule has 1 aliphatic rings. The van der Waals surface area contributed by atoms with Gasteiger partial charge in [0, 0.05) is 16.6 Å². The molecule has 0 amide bonds. The number of rotatable bonds is 5. The van der Waals surface area contributed by atoms with Crippen LogP contribution in [0.15, 0.2) is 34.1 Å². The Morgan fingerprint density at radius 3 is 2.77 bits per heavy atom. The molecule has 0 radical (unpaired) electrons.